The number of para-hydroxylation sites is 1. The number of piperidine rings is 1. The van der Waals surface area contributed by atoms with Crippen LogP contribution in [0.25, 0.3) is 10.9 Å². The summed E-state index contributed by atoms with van der Waals surface area (Å²) in [6, 6.07) is 8.36. The first-order valence-electron chi connectivity index (χ1n) is 8.42. The maximum atomic E-state index is 5.49. The van der Waals surface area contributed by atoms with Gasteiger partial charge in [0, 0.05) is 36.9 Å². The molecule has 1 saturated heterocycles. The number of ether oxygens (including phenoxy) is 1. The number of pyridine rings is 1. The Hall–Kier alpha value is -1.81. The van der Waals surface area contributed by atoms with Crippen LogP contribution in [0.5, 0.6) is 5.75 Å². The number of rotatable bonds is 4. The molecule has 4 heteroatoms. The fraction of sp³-hybridized carbons (Fsp3) is 0.526. The van der Waals surface area contributed by atoms with Crippen LogP contribution in [0.15, 0.2) is 24.3 Å². The number of aromatic nitrogens is 1. The number of hydrogen-bond donors (Lipinski definition) is 0. The number of fused-ring (bicyclic) bond motifs is 1. The van der Waals surface area contributed by atoms with Gasteiger partial charge in [-0.25, -0.2) is 4.98 Å². The molecule has 0 saturated carbocycles. The molecule has 4 nitrogen and oxygen atoms in total. The molecule has 0 bridgehead atoms. The van der Waals surface area contributed by atoms with Crippen molar-refractivity contribution in [2.75, 3.05) is 45.7 Å². The Morgan fingerprint density at radius 3 is 2.96 bits per heavy atom. The van der Waals surface area contributed by atoms with E-state index in [-0.39, 0.29) is 0 Å². The van der Waals surface area contributed by atoms with E-state index in [0.29, 0.717) is 0 Å². The highest BCUT2D eigenvalue weighted by Gasteiger charge is 2.20. The number of anilines is 1. The molecule has 0 radical (unpaired) electrons. The second kappa shape index (κ2) is 6.75. The monoisotopic (exact) mass is 313 g/mol. The summed E-state index contributed by atoms with van der Waals surface area (Å²) in [5, 5.41) is 1.17. The first-order chi connectivity index (χ1) is 11.1. The summed E-state index contributed by atoms with van der Waals surface area (Å²) in [4.78, 5) is 9.52. The molecule has 1 unspecified atom stereocenters. The summed E-state index contributed by atoms with van der Waals surface area (Å²) in [5.41, 5.74) is 3.24. The van der Waals surface area contributed by atoms with E-state index in [0.717, 1.165) is 29.4 Å². The molecule has 0 amide bonds. The highest BCUT2D eigenvalue weighted by molar-refractivity contribution is 5.95. The lowest BCUT2D eigenvalue weighted by Gasteiger charge is -2.33. The number of benzene rings is 1. The van der Waals surface area contributed by atoms with E-state index in [4.69, 9.17) is 4.74 Å². The minimum atomic E-state index is 0.730. The predicted molar refractivity (Wildman–Crippen MR) is 96.5 cm³/mol. The van der Waals surface area contributed by atoms with Gasteiger partial charge < -0.3 is 14.5 Å². The van der Waals surface area contributed by atoms with Crippen molar-refractivity contribution in [2.24, 2.45) is 5.92 Å². The number of hydrogen-bond acceptors (Lipinski definition) is 4. The zero-order valence-electron chi connectivity index (χ0n) is 14.7. The first-order valence-corrected chi connectivity index (χ1v) is 8.42. The topological polar surface area (TPSA) is 28.6 Å². The van der Waals surface area contributed by atoms with E-state index in [9.17, 15) is 0 Å². The Kier molecular flexibility index (Phi) is 4.71. The minimum Gasteiger partial charge on any atom is -0.494 e. The molecule has 23 heavy (non-hydrogen) atoms. The van der Waals surface area contributed by atoms with Crippen LogP contribution in [-0.2, 0) is 0 Å². The Morgan fingerprint density at radius 2 is 2.22 bits per heavy atom. The first kappa shape index (κ1) is 16.1. The maximum Gasteiger partial charge on any atom is 0.145 e. The molecule has 2 heterocycles. The van der Waals surface area contributed by atoms with Gasteiger partial charge in [0.25, 0.3) is 0 Å². The largest absolute Gasteiger partial charge is 0.494 e. The zero-order chi connectivity index (χ0) is 16.4. The van der Waals surface area contributed by atoms with E-state index < -0.39 is 0 Å². The number of methoxy groups -OCH3 is 1. The maximum absolute atomic E-state index is 5.49. The minimum absolute atomic E-state index is 0.730. The van der Waals surface area contributed by atoms with Gasteiger partial charge >= 0.3 is 0 Å². The lowest BCUT2D eigenvalue weighted by Crippen LogP contribution is -2.38. The summed E-state index contributed by atoms with van der Waals surface area (Å²) in [5.74, 6) is 1.58. The molecular formula is C19H27N3O. The Balaban J connectivity index is 1.92. The molecule has 1 aromatic heterocycles. The third-order valence-corrected chi connectivity index (χ3v) is 4.79. The lowest BCUT2D eigenvalue weighted by molar-refractivity contribution is 0.213. The van der Waals surface area contributed by atoms with Gasteiger partial charge in [-0.05, 0) is 51.4 Å². The van der Waals surface area contributed by atoms with Crippen LogP contribution in [0.4, 0.5) is 5.69 Å². The lowest BCUT2D eigenvalue weighted by atomic mass is 9.97. The van der Waals surface area contributed by atoms with Crippen LogP contribution in [0.1, 0.15) is 18.5 Å². The van der Waals surface area contributed by atoms with Gasteiger partial charge in [-0.3, -0.25) is 0 Å². The van der Waals surface area contributed by atoms with Crippen LogP contribution in [0.3, 0.4) is 0 Å². The Bertz CT molecular complexity index is 686. The molecule has 0 spiro atoms. The summed E-state index contributed by atoms with van der Waals surface area (Å²) >= 11 is 0. The van der Waals surface area contributed by atoms with Gasteiger partial charge in [0.2, 0.25) is 0 Å². The van der Waals surface area contributed by atoms with Gasteiger partial charge in [-0.15, -0.1) is 0 Å². The quantitative estimate of drug-likeness (QED) is 0.865. The third-order valence-electron chi connectivity index (χ3n) is 4.79. The van der Waals surface area contributed by atoms with Gasteiger partial charge in [-0.1, -0.05) is 12.1 Å². The van der Waals surface area contributed by atoms with Gasteiger partial charge in [0.1, 0.15) is 11.3 Å². The molecule has 1 atom stereocenters. The number of nitrogens with zero attached hydrogens (tertiary/aromatic N) is 3. The standard InChI is InChI=1S/C19H27N3O/c1-14-11-17(16-8-5-9-18(23-4)19(16)20-14)22(3)13-15-7-6-10-21(2)12-15/h5,8-9,11,15H,6-7,10,12-13H2,1-4H3. The molecule has 3 rings (SSSR count). The molecule has 1 aliphatic rings. The smallest absolute Gasteiger partial charge is 0.145 e. The molecule has 124 valence electrons. The van der Waals surface area contributed by atoms with Crippen LogP contribution in [-0.4, -0.2) is 50.7 Å². The highest BCUT2D eigenvalue weighted by Crippen LogP contribution is 2.32. The van der Waals surface area contributed by atoms with Gasteiger partial charge in [0.05, 0.1) is 7.11 Å². The van der Waals surface area contributed by atoms with Crippen LogP contribution in [0, 0.1) is 12.8 Å². The second-order valence-electron chi connectivity index (χ2n) is 6.79. The Morgan fingerprint density at radius 1 is 1.39 bits per heavy atom. The van der Waals surface area contributed by atoms with Crippen molar-refractivity contribution in [2.45, 2.75) is 19.8 Å². The summed E-state index contributed by atoms with van der Waals surface area (Å²) in [6.45, 7) is 5.56. The van der Waals surface area contributed by atoms with Crippen molar-refractivity contribution in [3.8, 4) is 5.75 Å². The van der Waals surface area contributed by atoms with Crippen LogP contribution < -0.4 is 9.64 Å². The van der Waals surface area contributed by atoms with E-state index in [1.807, 2.05) is 12.1 Å². The van der Waals surface area contributed by atoms with E-state index in [1.54, 1.807) is 7.11 Å². The van der Waals surface area contributed by atoms with Crippen LogP contribution >= 0.6 is 0 Å². The fourth-order valence-corrected chi connectivity index (χ4v) is 3.72. The van der Waals surface area contributed by atoms with Crippen molar-refractivity contribution < 1.29 is 4.74 Å². The molecule has 1 aromatic carbocycles. The summed E-state index contributed by atoms with van der Waals surface area (Å²) in [7, 11) is 6.13. The van der Waals surface area contributed by atoms with E-state index in [1.165, 1.54) is 37.0 Å². The number of likely N-dealkylation sites (tertiary alicyclic amines) is 1. The van der Waals surface area contributed by atoms with Gasteiger partial charge in [-0.2, -0.15) is 0 Å². The van der Waals surface area contributed by atoms with E-state index in [2.05, 4.69) is 47.9 Å². The summed E-state index contributed by atoms with van der Waals surface area (Å²) in [6.07, 6.45) is 2.62. The zero-order valence-corrected chi connectivity index (χ0v) is 14.7. The normalized spacial score (nSPS) is 19.0. The average Bonchev–Trinajstić information content (AvgIpc) is 2.53. The molecule has 2 aromatic rings. The average molecular weight is 313 g/mol. The molecular weight excluding hydrogens is 286 g/mol. The molecule has 0 N–H and O–H groups in total. The van der Waals surface area contributed by atoms with Gasteiger partial charge in [0.15, 0.2) is 0 Å². The van der Waals surface area contributed by atoms with Crippen molar-refractivity contribution in [1.29, 1.82) is 0 Å². The number of aryl methyl sites for hydroxylation is 1. The predicted octanol–water partition coefficient (Wildman–Crippen LogP) is 3.33. The SMILES string of the molecule is COc1cccc2c(N(C)CC3CCCN(C)C3)cc(C)nc12. The third kappa shape index (κ3) is 3.42. The molecule has 1 aliphatic heterocycles. The molecule has 1 fully saturated rings. The van der Waals surface area contributed by atoms with Crippen molar-refractivity contribution in [3.05, 3.63) is 30.0 Å². The fourth-order valence-electron chi connectivity index (χ4n) is 3.72. The van der Waals surface area contributed by atoms with Crippen molar-refractivity contribution in [1.82, 2.24) is 9.88 Å². The Labute approximate surface area is 139 Å². The van der Waals surface area contributed by atoms with Crippen molar-refractivity contribution in [3.63, 3.8) is 0 Å². The second-order valence-corrected chi connectivity index (χ2v) is 6.79. The van der Waals surface area contributed by atoms with Crippen molar-refractivity contribution >= 4 is 16.6 Å². The highest BCUT2D eigenvalue weighted by atomic mass is 16.5. The van der Waals surface area contributed by atoms with E-state index >= 15 is 0 Å². The van der Waals surface area contributed by atoms with Crippen LogP contribution in [0.2, 0.25) is 0 Å². The molecule has 0 aliphatic carbocycles. The summed E-state index contributed by atoms with van der Waals surface area (Å²) < 4.78 is 5.49.